The van der Waals surface area contributed by atoms with Crippen LogP contribution in [0.1, 0.15) is 16.1 Å². The van der Waals surface area contributed by atoms with Crippen molar-refractivity contribution in [2.45, 2.75) is 0 Å². The van der Waals surface area contributed by atoms with Crippen LogP contribution in [-0.2, 0) is 4.79 Å². The van der Waals surface area contributed by atoms with Crippen LogP contribution in [0.3, 0.4) is 0 Å². The number of aromatic carboxylic acids is 1. The third-order valence-corrected chi connectivity index (χ3v) is 4.43. The number of nitro benzene ring substituents is 1. The molecule has 1 heterocycles. The van der Waals surface area contributed by atoms with Crippen molar-refractivity contribution in [3.05, 3.63) is 86.6 Å². The average Bonchev–Trinajstić information content (AvgIpc) is 3.22. The predicted octanol–water partition coefficient (Wildman–Crippen LogP) is 4.75. The lowest BCUT2D eigenvalue weighted by atomic mass is 10.1. The molecule has 0 radical (unpaired) electrons. The van der Waals surface area contributed by atoms with Gasteiger partial charge in [0.1, 0.15) is 23.2 Å². The number of furan rings is 1. The van der Waals surface area contributed by atoms with Crippen LogP contribution in [0.2, 0.25) is 5.02 Å². The highest BCUT2D eigenvalue weighted by molar-refractivity contribution is 6.34. The normalized spacial score (nSPS) is 10.9. The molecular weight excluding hydrogens is 426 g/mol. The minimum atomic E-state index is -1.05. The summed E-state index contributed by atoms with van der Waals surface area (Å²) in [4.78, 5) is 33.6. The van der Waals surface area contributed by atoms with Gasteiger partial charge in [0.25, 0.3) is 11.6 Å². The van der Waals surface area contributed by atoms with Gasteiger partial charge >= 0.3 is 5.97 Å². The summed E-state index contributed by atoms with van der Waals surface area (Å²) in [6, 6.07) is 14.4. The number of carboxylic acid groups (broad SMARTS) is 1. The van der Waals surface area contributed by atoms with Gasteiger partial charge in [-0.1, -0.05) is 23.7 Å². The van der Waals surface area contributed by atoms with E-state index < -0.39 is 16.8 Å². The molecular formula is C21H12ClN3O6. The molecule has 154 valence electrons. The lowest BCUT2D eigenvalue weighted by Gasteiger charge is -2.06. The molecule has 2 aromatic carbocycles. The summed E-state index contributed by atoms with van der Waals surface area (Å²) < 4.78 is 5.61. The smallest absolute Gasteiger partial charge is 0.335 e. The molecule has 31 heavy (non-hydrogen) atoms. The highest BCUT2D eigenvalue weighted by Crippen LogP contribution is 2.28. The number of rotatable bonds is 6. The fourth-order valence-corrected chi connectivity index (χ4v) is 2.73. The average molecular weight is 438 g/mol. The quantitative estimate of drug-likeness (QED) is 0.244. The van der Waals surface area contributed by atoms with E-state index in [2.05, 4.69) is 5.32 Å². The minimum absolute atomic E-state index is 0.0133. The fourth-order valence-electron chi connectivity index (χ4n) is 2.57. The number of amides is 1. The maximum Gasteiger partial charge on any atom is 0.335 e. The summed E-state index contributed by atoms with van der Waals surface area (Å²) in [6.07, 6.45) is 1.20. The van der Waals surface area contributed by atoms with Gasteiger partial charge in [-0.15, -0.1) is 0 Å². The van der Waals surface area contributed by atoms with E-state index in [-0.39, 0.29) is 33.3 Å². The minimum Gasteiger partial charge on any atom is -0.478 e. The van der Waals surface area contributed by atoms with Crippen LogP contribution in [-0.4, -0.2) is 21.9 Å². The summed E-state index contributed by atoms with van der Waals surface area (Å²) in [5.41, 5.74) is 0.131. The van der Waals surface area contributed by atoms with Gasteiger partial charge in [-0.3, -0.25) is 14.9 Å². The molecule has 0 bridgehead atoms. The molecule has 2 N–H and O–H groups in total. The molecule has 0 aliphatic rings. The first-order valence-corrected chi connectivity index (χ1v) is 8.97. The van der Waals surface area contributed by atoms with Crippen molar-refractivity contribution in [2.24, 2.45) is 0 Å². The Morgan fingerprint density at radius 3 is 2.48 bits per heavy atom. The van der Waals surface area contributed by atoms with Crippen LogP contribution in [0.15, 0.2) is 64.6 Å². The van der Waals surface area contributed by atoms with Crippen LogP contribution in [0.25, 0.3) is 17.4 Å². The number of benzene rings is 2. The summed E-state index contributed by atoms with van der Waals surface area (Å²) in [5, 5.41) is 31.6. The van der Waals surface area contributed by atoms with Gasteiger partial charge in [-0.2, -0.15) is 5.26 Å². The van der Waals surface area contributed by atoms with Crippen LogP contribution in [0, 0.1) is 21.4 Å². The number of nitriles is 1. The molecule has 0 spiro atoms. The first-order valence-electron chi connectivity index (χ1n) is 8.59. The number of carbonyl (C=O) groups is 2. The molecule has 1 aromatic heterocycles. The van der Waals surface area contributed by atoms with Gasteiger partial charge in [-0.25, -0.2) is 4.79 Å². The SMILES string of the molecule is N#C/C(=C\c1ccc(-c2ccc(C(=O)O)cc2)o1)C(=O)Nc1cc([N+](=O)[O-])ccc1Cl. The Kier molecular flexibility index (Phi) is 6.14. The molecule has 0 aliphatic carbocycles. The van der Waals surface area contributed by atoms with E-state index in [0.717, 1.165) is 6.07 Å². The highest BCUT2D eigenvalue weighted by Gasteiger charge is 2.16. The van der Waals surface area contributed by atoms with E-state index in [1.54, 1.807) is 24.3 Å². The van der Waals surface area contributed by atoms with Gasteiger partial charge in [0, 0.05) is 23.8 Å². The maximum atomic E-state index is 12.4. The van der Waals surface area contributed by atoms with Crippen LogP contribution < -0.4 is 5.32 Å². The molecule has 0 saturated heterocycles. The van der Waals surface area contributed by atoms with Crippen molar-refractivity contribution in [1.82, 2.24) is 0 Å². The molecule has 0 saturated carbocycles. The van der Waals surface area contributed by atoms with Crippen molar-refractivity contribution in [1.29, 1.82) is 5.26 Å². The molecule has 3 rings (SSSR count). The van der Waals surface area contributed by atoms with E-state index in [9.17, 15) is 25.0 Å². The third kappa shape index (κ3) is 4.95. The number of carbonyl (C=O) groups excluding carboxylic acids is 1. The molecule has 1 amide bonds. The van der Waals surface area contributed by atoms with Crippen molar-refractivity contribution in [2.75, 3.05) is 5.32 Å². The van der Waals surface area contributed by atoms with Crippen molar-refractivity contribution < 1.29 is 24.0 Å². The van der Waals surface area contributed by atoms with E-state index >= 15 is 0 Å². The zero-order valence-corrected chi connectivity index (χ0v) is 16.3. The summed E-state index contributed by atoms with van der Waals surface area (Å²) in [7, 11) is 0. The Morgan fingerprint density at radius 2 is 1.87 bits per heavy atom. The predicted molar refractivity (Wildman–Crippen MR) is 111 cm³/mol. The second-order valence-electron chi connectivity index (χ2n) is 6.13. The van der Waals surface area contributed by atoms with Gasteiger partial charge in [0.2, 0.25) is 0 Å². The highest BCUT2D eigenvalue weighted by atomic mass is 35.5. The van der Waals surface area contributed by atoms with E-state index in [4.69, 9.17) is 21.1 Å². The number of anilines is 1. The number of carboxylic acids is 1. The van der Waals surface area contributed by atoms with Crippen molar-refractivity contribution in [3.8, 4) is 17.4 Å². The zero-order valence-electron chi connectivity index (χ0n) is 15.5. The largest absolute Gasteiger partial charge is 0.478 e. The fraction of sp³-hybridized carbons (Fsp3) is 0. The topological polar surface area (TPSA) is 146 Å². The Bertz CT molecular complexity index is 1250. The number of non-ortho nitro benzene ring substituents is 1. The standard InChI is InChI=1S/C21H12ClN3O6/c22-17-7-5-15(25(29)30)10-18(17)24-20(26)14(11-23)9-16-6-8-19(31-16)12-1-3-13(4-2-12)21(27)28/h1-10H,(H,24,26)(H,27,28)/b14-9+. The Morgan fingerprint density at radius 1 is 1.16 bits per heavy atom. The summed E-state index contributed by atoms with van der Waals surface area (Å²) in [5.74, 6) is -1.27. The number of nitrogens with zero attached hydrogens (tertiary/aromatic N) is 2. The summed E-state index contributed by atoms with van der Waals surface area (Å²) in [6.45, 7) is 0. The lowest BCUT2D eigenvalue weighted by Crippen LogP contribution is -2.13. The van der Waals surface area contributed by atoms with Crippen molar-refractivity contribution >= 4 is 40.9 Å². The molecule has 9 nitrogen and oxygen atoms in total. The zero-order chi connectivity index (χ0) is 22.5. The van der Waals surface area contributed by atoms with Crippen molar-refractivity contribution in [3.63, 3.8) is 0 Å². The lowest BCUT2D eigenvalue weighted by molar-refractivity contribution is -0.384. The molecule has 0 fully saturated rings. The van der Waals surface area contributed by atoms with Gasteiger partial charge in [0.15, 0.2) is 0 Å². The first-order chi connectivity index (χ1) is 14.8. The van der Waals surface area contributed by atoms with Crippen LogP contribution in [0.5, 0.6) is 0 Å². The molecule has 0 aliphatic heterocycles. The number of halogens is 1. The molecule has 10 heteroatoms. The maximum absolute atomic E-state index is 12.4. The van der Waals surface area contributed by atoms with Crippen LogP contribution in [0.4, 0.5) is 11.4 Å². The van der Waals surface area contributed by atoms with Crippen LogP contribution >= 0.6 is 11.6 Å². The van der Waals surface area contributed by atoms with Gasteiger partial charge in [-0.05, 0) is 30.3 Å². The number of nitrogens with one attached hydrogen (secondary N) is 1. The second-order valence-corrected chi connectivity index (χ2v) is 6.54. The number of nitro groups is 1. The van der Waals surface area contributed by atoms with E-state index in [1.165, 1.54) is 36.4 Å². The molecule has 0 unspecified atom stereocenters. The van der Waals surface area contributed by atoms with Gasteiger partial charge in [0.05, 0.1) is 21.2 Å². The number of hydrogen-bond donors (Lipinski definition) is 2. The second kappa shape index (κ2) is 8.94. The molecule has 3 aromatic rings. The van der Waals surface area contributed by atoms with Gasteiger partial charge < -0.3 is 14.8 Å². The van der Waals surface area contributed by atoms with E-state index in [0.29, 0.717) is 11.3 Å². The Hall–Kier alpha value is -4.42. The Labute approximate surface area is 179 Å². The van der Waals surface area contributed by atoms with E-state index in [1.807, 2.05) is 0 Å². The Balaban J connectivity index is 1.81. The summed E-state index contributed by atoms with van der Waals surface area (Å²) >= 11 is 5.96. The molecule has 0 atom stereocenters. The number of hydrogen-bond acceptors (Lipinski definition) is 6. The monoisotopic (exact) mass is 437 g/mol. The first kappa shape index (κ1) is 21.3. The third-order valence-electron chi connectivity index (χ3n) is 4.10.